The molecule has 1 aromatic heterocycles. The molecular weight excluding hydrogens is 573 g/mol. The SMILES string of the molecule is Cc1nc(-c2cccc(C(F)(F)F)c2)nc(N2CCN(S(=O)(=O)c3ccc(C(C)(C)C)cc3)CC2)c1Cc1ccccc1. The Kier molecular flexibility index (Phi) is 8.37. The fourth-order valence-corrected chi connectivity index (χ4v) is 6.65. The van der Waals surface area contributed by atoms with Gasteiger partial charge in [-0.2, -0.15) is 17.5 Å². The molecule has 226 valence electrons. The van der Waals surface area contributed by atoms with Gasteiger partial charge in [0.2, 0.25) is 10.0 Å². The second-order valence-corrected chi connectivity index (χ2v) is 13.8. The van der Waals surface area contributed by atoms with E-state index in [0.717, 1.165) is 28.8 Å². The molecule has 1 fully saturated rings. The normalized spacial score (nSPS) is 15.1. The summed E-state index contributed by atoms with van der Waals surface area (Å²) in [5.41, 5.74) is 3.03. The Morgan fingerprint density at radius 3 is 2.05 bits per heavy atom. The monoisotopic (exact) mass is 608 g/mol. The van der Waals surface area contributed by atoms with Gasteiger partial charge in [-0.1, -0.05) is 75.4 Å². The summed E-state index contributed by atoms with van der Waals surface area (Å²) in [4.78, 5) is 11.7. The second-order valence-electron chi connectivity index (χ2n) is 11.8. The molecule has 10 heteroatoms. The molecule has 0 aliphatic carbocycles. The van der Waals surface area contributed by atoms with Gasteiger partial charge < -0.3 is 4.90 Å². The average Bonchev–Trinajstić information content (AvgIpc) is 2.98. The first-order valence-electron chi connectivity index (χ1n) is 14.2. The molecule has 0 amide bonds. The number of anilines is 1. The molecule has 0 radical (unpaired) electrons. The minimum absolute atomic E-state index is 0.0893. The molecule has 0 unspecified atom stereocenters. The minimum atomic E-state index is -4.49. The number of aryl methyl sites for hydroxylation is 1. The van der Waals surface area contributed by atoms with Gasteiger partial charge in [0.15, 0.2) is 5.82 Å². The number of sulfonamides is 1. The van der Waals surface area contributed by atoms with Crippen molar-refractivity contribution in [2.45, 2.75) is 50.6 Å². The summed E-state index contributed by atoms with van der Waals surface area (Å²) in [7, 11) is -3.70. The second kappa shape index (κ2) is 11.7. The third-order valence-electron chi connectivity index (χ3n) is 7.76. The lowest BCUT2D eigenvalue weighted by Gasteiger charge is -2.36. The van der Waals surface area contributed by atoms with E-state index in [-0.39, 0.29) is 34.8 Å². The summed E-state index contributed by atoms with van der Waals surface area (Å²) in [6.07, 6.45) is -3.96. The molecular formula is C33H35F3N4O2S. The number of rotatable bonds is 6. The van der Waals surface area contributed by atoms with Crippen LogP contribution in [0.1, 0.15) is 48.7 Å². The topological polar surface area (TPSA) is 66.4 Å². The fraction of sp³-hybridized carbons (Fsp3) is 0.333. The molecule has 0 bridgehead atoms. The summed E-state index contributed by atoms with van der Waals surface area (Å²) >= 11 is 0. The Hall–Kier alpha value is -3.76. The van der Waals surface area contributed by atoms with E-state index >= 15 is 0 Å². The van der Waals surface area contributed by atoms with Gasteiger partial charge in [-0.25, -0.2) is 18.4 Å². The summed E-state index contributed by atoms with van der Waals surface area (Å²) in [5.74, 6) is 0.805. The number of halogens is 3. The van der Waals surface area contributed by atoms with Crippen LogP contribution in [-0.2, 0) is 28.0 Å². The van der Waals surface area contributed by atoms with E-state index in [1.807, 2.05) is 54.3 Å². The van der Waals surface area contributed by atoms with Gasteiger partial charge in [-0.05, 0) is 47.7 Å². The Morgan fingerprint density at radius 2 is 1.44 bits per heavy atom. The number of benzene rings is 3. The Labute approximate surface area is 251 Å². The highest BCUT2D eigenvalue weighted by Crippen LogP contribution is 2.34. The number of hydrogen-bond donors (Lipinski definition) is 0. The van der Waals surface area contributed by atoms with Crippen molar-refractivity contribution in [3.8, 4) is 11.4 Å². The van der Waals surface area contributed by atoms with Crippen LogP contribution in [0.25, 0.3) is 11.4 Å². The molecule has 0 atom stereocenters. The lowest BCUT2D eigenvalue weighted by Crippen LogP contribution is -2.49. The van der Waals surface area contributed by atoms with Gasteiger partial charge in [-0.15, -0.1) is 0 Å². The summed E-state index contributed by atoms with van der Waals surface area (Å²) in [6, 6.07) is 21.9. The maximum absolute atomic E-state index is 13.5. The van der Waals surface area contributed by atoms with E-state index in [9.17, 15) is 21.6 Å². The molecule has 0 saturated carbocycles. The standard InChI is InChI=1S/C33H35F3N4O2S/c1-23-29(21-24-9-6-5-7-10-24)31(38-30(37-23)25-11-8-12-27(22-25)33(34,35)36)39-17-19-40(20-18-39)43(41,42)28-15-13-26(14-16-28)32(2,3)4/h5-16,22H,17-21H2,1-4H3. The average molecular weight is 609 g/mol. The van der Waals surface area contributed by atoms with E-state index in [4.69, 9.17) is 4.98 Å². The zero-order chi connectivity index (χ0) is 31.0. The highest BCUT2D eigenvalue weighted by atomic mass is 32.2. The van der Waals surface area contributed by atoms with Crippen LogP contribution in [-0.4, -0.2) is 48.9 Å². The fourth-order valence-electron chi connectivity index (χ4n) is 5.23. The predicted molar refractivity (Wildman–Crippen MR) is 163 cm³/mol. The van der Waals surface area contributed by atoms with Gasteiger partial charge in [-0.3, -0.25) is 0 Å². The zero-order valence-corrected chi connectivity index (χ0v) is 25.5. The number of nitrogens with zero attached hydrogens (tertiary/aromatic N) is 4. The Morgan fingerprint density at radius 1 is 0.791 bits per heavy atom. The molecule has 2 heterocycles. The predicted octanol–water partition coefficient (Wildman–Crippen LogP) is 6.87. The number of hydrogen-bond acceptors (Lipinski definition) is 5. The van der Waals surface area contributed by atoms with E-state index < -0.39 is 21.8 Å². The summed E-state index contributed by atoms with van der Waals surface area (Å²) in [5, 5.41) is 0. The summed E-state index contributed by atoms with van der Waals surface area (Å²) < 4.78 is 68.9. The first kappa shape index (κ1) is 30.7. The highest BCUT2D eigenvalue weighted by Gasteiger charge is 2.32. The molecule has 3 aromatic carbocycles. The molecule has 0 N–H and O–H groups in total. The van der Waals surface area contributed by atoms with Crippen LogP contribution in [0.15, 0.2) is 83.8 Å². The molecule has 1 aliphatic rings. The van der Waals surface area contributed by atoms with Gasteiger partial charge in [0.05, 0.1) is 10.5 Å². The van der Waals surface area contributed by atoms with Crippen molar-refractivity contribution in [1.82, 2.24) is 14.3 Å². The van der Waals surface area contributed by atoms with Crippen molar-refractivity contribution in [2.75, 3.05) is 31.1 Å². The van der Waals surface area contributed by atoms with Crippen LogP contribution in [0.3, 0.4) is 0 Å². The first-order chi connectivity index (χ1) is 20.2. The van der Waals surface area contributed by atoms with Crippen molar-refractivity contribution >= 4 is 15.8 Å². The maximum Gasteiger partial charge on any atom is 0.416 e. The molecule has 43 heavy (non-hydrogen) atoms. The van der Waals surface area contributed by atoms with Crippen molar-refractivity contribution in [3.63, 3.8) is 0 Å². The number of alkyl halides is 3. The largest absolute Gasteiger partial charge is 0.416 e. The quantitative estimate of drug-likeness (QED) is 0.239. The van der Waals surface area contributed by atoms with Gasteiger partial charge >= 0.3 is 6.18 Å². The van der Waals surface area contributed by atoms with Crippen LogP contribution in [0, 0.1) is 6.92 Å². The maximum atomic E-state index is 13.5. The van der Waals surface area contributed by atoms with Crippen molar-refractivity contribution in [3.05, 3.63) is 107 Å². The summed E-state index contributed by atoms with van der Waals surface area (Å²) in [6.45, 7) is 9.31. The van der Waals surface area contributed by atoms with Gasteiger partial charge in [0, 0.05) is 49.4 Å². The molecule has 5 rings (SSSR count). The smallest absolute Gasteiger partial charge is 0.354 e. The number of aromatic nitrogens is 2. The third-order valence-corrected chi connectivity index (χ3v) is 9.67. The van der Waals surface area contributed by atoms with Crippen LogP contribution in [0.4, 0.5) is 19.0 Å². The Bertz CT molecular complexity index is 1690. The van der Waals surface area contributed by atoms with E-state index in [0.29, 0.717) is 31.0 Å². The lowest BCUT2D eigenvalue weighted by molar-refractivity contribution is -0.137. The third kappa shape index (κ3) is 6.75. The van der Waals surface area contributed by atoms with Crippen LogP contribution in [0.2, 0.25) is 0 Å². The Balaban J connectivity index is 1.45. The van der Waals surface area contributed by atoms with E-state index in [2.05, 4.69) is 25.8 Å². The van der Waals surface area contributed by atoms with Crippen LogP contribution >= 0.6 is 0 Å². The van der Waals surface area contributed by atoms with E-state index in [1.165, 1.54) is 10.4 Å². The van der Waals surface area contributed by atoms with Gasteiger partial charge in [0.25, 0.3) is 0 Å². The molecule has 4 aromatic rings. The van der Waals surface area contributed by atoms with Crippen LogP contribution in [0.5, 0.6) is 0 Å². The van der Waals surface area contributed by atoms with Crippen molar-refractivity contribution in [1.29, 1.82) is 0 Å². The van der Waals surface area contributed by atoms with E-state index in [1.54, 1.807) is 18.2 Å². The van der Waals surface area contributed by atoms with Gasteiger partial charge in [0.1, 0.15) is 5.82 Å². The molecule has 1 aliphatic heterocycles. The van der Waals surface area contributed by atoms with Crippen LogP contribution < -0.4 is 4.90 Å². The highest BCUT2D eigenvalue weighted by molar-refractivity contribution is 7.89. The molecule has 1 saturated heterocycles. The zero-order valence-electron chi connectivity index (χ0n) is 24.7. The van der Waals surface area contributed by atoms with Crippen molar-refractivity contribution < 1.29 is 21.6 Å². The lowest BCUT2D eigenvalue weighted by atomic mass is 9.87. The molecule has 0 spiro atoms. The minimum Gasteiger partial charge on any atom is -0.354 e. The first-order valence-corrected chi connectivity index (χ1v) is 15.6. The van der Waals surface area contributed by atoms with Crippen molar-refractivity contribution in [2.24, 2.45) is 0 Å². The number of piperazine rings is 1. The molecule has 6 nitrogen and oxygen atoms in total.